The van der Waals surface area contributed by atoms with Gasteiger partial charge in [0.05, 0.1) is 12.7 Å². The molecule has 0 aromatic carbocycles. The van der Waals surface area contributed by atoms with E-state index in [0.29, 0.717) is 6.61 Å². The third-order valence-corrected chi connectivity index (χ3v) is 1.49. The normalized spacial score (nSPS) is 31.0. The minimum atomic E-state index is -0.282. The van der Waals surface area contributed by atoms with E-state index in [0.717, 1.165) is 6.42 Å². The summed E-state index contributed by atoms with van der Waals surface area (Å²) < 4.78 is 9.81. The van der Waals surface area contributed by atoms with Crippen molar-refractivity contribution in [2.24, 2.45) is 0 Å². The van der Waals surface area contributed by atoms with Crippen molar-refractivity contribution < 1.29 is 14.3 Å². The van der Waals surface area contributed by atoms with Gasteiger partial charge < -0.3 is 9.47 Å². The van der Waals surface area contributed by atoms with E-state index in [9.17, 15) is 4.79 Å². The minimum Gasteiger partial charge on any atom is -0.464 e. The maximum Gasteiger partial charge on any atom is 0.335 e. The van der Waals surface area contributed by atoms with Crippen LogP contribution in [-0.4, -0.2) is 24.8 Å². The van der Waals surface area contributed by atoms with Crippen molar-refractivity contribution in [2.45, 2.75) is 32.5 Å². The molecule has 0 radical (unpaired) electrons. The van der Waals surface area contributed by atoms with Crippen LogP contribution < -0.4 is 0 Å². The lowest BCUT2D eigenvalue weighted by molar-refractivity contribution is -0.181. The Morgan fingerprint density at radius 1 is 1.80 bits per heavy atom. The molecule has 0 amide bonds. The third kappa shape index (κ3) is 1.48. The van der Waals surface area contributed by atoms with Crippen LogP contribution in [0, 0.1) is 0 Å². The molecule has 0 N–H and O–H groups in total. The lowest BCUT2D eigenvalue weighted by atomic mass is 10.1. The lowest BCUT2D eigenvalue weighted by Gasteiger charge is -2.31. The van der Waals surface area contributed by atoms with Crippen LogP contribution in [0.5, 0.6) is 0 Å². The van der Waals surface area contributed by atoms with E-state index >= 15 is 0 Å². The highest BCUT2D eigenvalue weighted by Gasteiger charge is 2.33. The van der Waals surface area contributed by atoms with Crippen molar-refractivity contribution in [3.63, 3.8) is 0 Å². The number of hydrogen-bond donors (Lipinski definition) is 0. The van der Waals surface area contributed by atoms with Crippen LogP contribution in [0.4, 0.5) is 0 Å². The van der Waals surface area contributed by atoms with Crippen molar-refractivity contribution in [3.05, 3.63) is 0 Å². The monoisotopic (exact) mass is 144 g/mol. The third-order valence-electron chi connectivity index (χ3n) is 1.49. The molecule has 0 bridgehead atoms. The van der Waals surface area contributed by atoms with Crippen LogP contribution in [0.25, 0.3) is 0 Å². The highest BCUT2D eigenvalue weighted by molar-refractivity contribution is 5.75. The van der Waals surface area contributed by atoms with Gasteiger partial charge in [0.1, 0.15) is 0 Å². The maximum absolute atomic E-state index is 10.8. The zero-order chi connectivity index (χ0) is 7.56. The number of ether oxygens (including phenoxy) is 2. The summed E-state index contributed by atoms with van der Waals surface area (Å²) >= 11 is 0. The summed E-state index contributed by atoms with van der Waals surface area (Å²) in [5.41, 5.74) is 0. The largest absolute Gasteiger partial charge is 0.464 e. The first-order valence-electron chi connectivity index (χ1n) is 3.56. The van der Waals surface area contributed by atoms with Crippen molar-refractivity contribution in [1.82, 2.24) is 0 Å². The summed E-state index contributed by atoms with van der Waals surface area (Å²) in [4.78, 5) is 10.8. The average molecular weight is 144 g/mol. The van der Waals surface area contributed by atoms with Gasteiger partial charge in [-0.15, -0.1) is 0 Å². The number of carbonyl (C=O) groups excluding carboxylic acids is 1. The number of carbonyl (C=O) groups is 1. The molecule has 3 heteroatoms. The SMILES string of the molecule is CCOC(=O)[C@H]1C[C@@H](C)O1. The predicted molar refractivity (Wildman–Crippen MR) is 35.6 cm³/mol. The molecule has 1 heterocycles. The molecule has 2 atom stereocenters. The van der Waals surface area contributed by atoms with Crippen LogP contribution in [0.3, 0.4) is 0 Å². The van der Waals surface area contributed by atoms with Crippen LogP contribution >= 0.6 is 0 Å². The van der Waals surface area contributed by atoms with Crippen molar-refractivity contribution in [3.8, 4) is 0 Å². The van der Waals surface area contributed by atoms with Gasteiger partial charge in [0, 0.05) is 6.42 Å². The van der Waals surface area contributed by atoms with Crippen molar-refractivity contribution in [2.75, 3.05) is 6.61 Å². The van der Waals surface area contributed by atoms with E-state index in [2.05, 4.69) is 0 Å². The van der Waals surface area contributed by atoms with Gasteiger partial charge >= 0.3 is 5.97 Å². The predicted octanol–water partition coefficient (Wildman–Crippen LogP) is 0.727. The Hall–Kier alpha value is -0.570. The summed E-state index contributed by atoms with van der Waals surface area (Å²) in [6, 6.07) is 0. The molecule has 0 unspecified atom stereocenters. The molecule has 58 valence electrons. The topological polar surface area (TPSA) is 35.5 Å². The first-order chi connectivity index (χ1) is 4.74. The zero-order valence-corrected chi connectivity index (χ0v) is 6.29. The quantitative estimate of drug-likeness (QED) is 0.536. The summed E-state index contributed by atoms with van der Waals surface area (Å²) in [6.07, 6.45) is 0.753. The molecule has 1 aliphatic heterocycles. The molecule has 1 fully saturated rings. The molecule has 0 spiro atoms. The molecular weight excluding hydrogens is 132 g/mol. The van der Waals surface area contributed by atoms with E-state index in [1.165, 1.54) is 0 Å². The van der Waals surface area contributed by atoms with Crippen LogP contribution in [0.2, 0.25) is 0 Å². The summed E-state index contributed by atoms with van der Waals surface area (Å²) in [7, 11) is 0. The van der Waals surface area contributed by atoms with Crippen molar-refractivity contribution in [1.29, 1.82) is 0 Å². The van der Waals surface area contributed by atoms with Crippen LogP contribution in [-0.2, 0) is 14.3 Å². The Morgan fingerprint density at radius 3 is 2.80 bits per heavy atom. The lowest BCUT2D eigenvalue weighted by Crippen LogP contribution is -2.42. The molecule has 0 aliphatic carbocycles. The van der Waals surface area contributed by atoms with Gasteiger partial charge in [-0.05, 0) is 13.8 Å². The summed E-state index contributed by atoms with van der Waals surface area (Å²) in [6.45, 7) is 4.17. The van der Waals surface area contributed by atoms with E-state index in [4.69, 9.17) is 9.47 Å². The van der Waals surface area contributed by atoms with Crippen molar-refractivity contribution >= 4 is 5.97 Å². The Morgan fingerprint density at radius 2 is 2.40 bits per heavy atom. The smallest absolute Gasteiger partial charge is 0.335 e. The fraction of sp³-hybridized carbons (Fsp3) is 0.857. The van der Waals surface area contributed by atoms with E-state index in [1.807, 2.05) is 6.92 Å². The second-order valence-electron chi connectivity index (χ2n) is 2.42. The first kappa shape index (κ1) is 7.54. The number of rotatable bonds is 2. The molecule has 3 nitrogen and oxygen atoms in total. The van der Waals surface area contributed by atoms with Gasteiger partial charge in [-0.1, -0.05) is 0 Å². The molecule has 0 aromatic heterocycles. The highest BCUT2D eigenvalue weighted by atomic mass is 16.6. The fourth-order valence-corrected chi connectivity index (χ4v) is 0.958. The Labute approximate surface area is 60.3 Å². The Balaban J connectivity index is 2.18. The van der Waals surface area contributed by atoms with E-state index in [1.54, 1.807) is 6.92 Å². The molecule has 0 aromatic rings. The summed E-state index contributed by atoms with van der Waals surface area (Å²) in [5, 5.41) is 0. The zero-order valence-electron chi connectivity index (χ0n) is 6.29. The maximum atomic E-state index is 10.8. The molecule has 1 aliphatic rings. The standard InChI is InChI=1S/C7H12O3/c1-3-9-7(8)6-4-5(2)10-6/h5-6H,3-4H2,1-2H3/t5-,6-/m1/s1. The Bertz CT molecular complexity index is 127. The van der Waals surface area contributed by atoms with Gasteiger partial charge in [-0.25, -0.2) is 4.79 Å². The van der Waals surface area contributed by atoms with Gasteiger partial charge in [-0.2, -0.15) is 0 Å². The average Bonchev–Trinajstić information content (AvgIpc) is 1.82. The molecular formula is C7H12O3. The summed E-state index contributed by atoms with van der Waals surface area (Å²) in [5.74, 6) is -0.222. The highest BCUT2D eigenvalue weighted by Crippen LogP contribution is 2.20. The number of hydrogen-bond acceptors (Lipinski definition) is 3. The second-order valence-corrected chi connectivity index (χ2v) is 2.42. The fourth-order valence-electron chi connectivity index (χ4n) is 0.958. The first-order valence-corrected chi connectivity index (χ1v) is 3.56. The minimum absolute atomic E-state index is 0.222. The Kier molecular flexibility index (Phi) is 2.27. The van der Waals surface area contributed by atoms with E-state index in [-0.39, 0.29) is 18.2 Å². The van der Waals surface area contributed by atoms with Crippen LogP contribution in [0.1, 0.15) is 20.3 Å². The molecule has 1 rings (SSSR count). The molecule has 0 saturated carbocycles. The van der Waals surface area contributed by atoms with Gasteiger partial charge in [-0.3, -0.25) is 0 Å². The van der Waals surface area contributed by atoms with Gasteiger partial charge in [0.2, 0.25) is 0 Å². The number of esters is 1. The van der Waals surface area contributed by atoms with E-state index < -0.39 is 0 Å². The van der Waals surface area contributed by atoms with Gasteiger partial charge in [0.15, 0.2) is 6.10 Å². The second kappa shape index (κ2) is 3.01. The van der Waals surface area contributed by atoms with Gasteiger partial charge in [0.25, 0.3) is 0 Å². The van der Waals surface area contributed by atoms with Crippen LogP contribution in [0.15, 0.2) is 0 Å². The molecule has 10 heavy (non-hydrogen) atoms. The molecule has 1 saturated heterocycles.